The van der Waals surface area contributed by atoms with Crippen molar-refractivity contribution < 1.29 is 23.9 Å². The summed E-state index contributed by atoms with van der Waals surface area (Å²) in [6, 6.07) is 14.1. The first-order valence-corrected chi connectivity index (χ1v) is 11.5. The molecule has 36 heavy (non-hydrogen) atoms. The summed E-state index contributed by atoms with van der Waals surface area (Å²) in [6.07, 6.45) is -0.244. The van der Waals surface area contributed by atoms with Gasteiger partial charge >= 0.3 is 0 Å². The van der Waals surface area contributed by atoms with E-state index in [1.165, 1.54) is 12.1 Å². The zero-order valence-corrected chi connectivity index (χ0v) is 19.6. The van der Waals surface area contributed by atoms with Crippen LogP contribution in [0, 0.1) is 10.1 Å². The molecule has 2 aliphatic heterocycles. The second kappa shape index (κ2) is 8.75. The van der Waals surface area contributed by atoms with E-state index in [9.17, 15) is 10.1 Å². The molecule has 0 radical (unpaired) electrons. The van der Waals surface area contributed by atoms with Crippen molar-refractivity contribution in [3.05, 3.63) is 81.9 Å². The number of rotatable bonds is 7. The maximum absolute atomic E-state index is 10.9. The number of aromatic nitrogens is 5. The van der Waals surface area contributed by atoms with Gasteiger partial charge in [0.25, 0.3) is 5.69 Å². The molecular formula is C24H24N6O6. The molecule has 0 aliphatic carbocycles. The van der Waals surface area contributed by atoms with Gasteiger partial charge in [0.2, 0.25) is 0 Å². The highest BCUT2D eigenvalue weighted by molar-refractivity contribution is 5.74. The Morgan fingerprint density at radius 1 is 1.17 bits per heavy atom. The van der Waals surface area contributed by atoms with Crippen molar-refractivity contribution in [2.24, 2.45) is 0 Å². The molecule has 4 heterocycles. The van der Waals surface area contributed by atoms with Gasteiger partial charge in [-0.15, -0.1) is 5.10 Å². The lowest BCUT2D eigenvalue weighted by molar-refractivity contribution is -0.384. The zero-order valence-electron chi connectivity index (χ0n) is 19.6. The highest BCUT2D eigenvalue weighted by Gasteiger charge is 2.56. The molecule has 4 aromatic rings. The minimum absolute atomic E-state index is 0.0452. The van der Waals surface area contributed by atoms with Crippen LogP contribution in [-0.4, -0.2) is 54.2 Å². The van der Waals surface area contributed by atoms with Crippen LogP contribution in [0.5, 0.6) is 0 Å². The lowest BCUT2D eigenvalue weighted by Crippen LogP contribution is -2.34. The predicted octanol–water partition coefficient (Wildman–Crippen LogP) is 3.25. The Labute approximate surface area is 205 Å². The number of imidazole rings is 1. The lowest BCUT2D eigenvalue weighted by Gasteiger charge is -2.24. The zero-order chi connectivity index (χ0) is 24.9. The molecule has 186 valence electrons. The standard InChI is InChI=1S/C24H24N6O6/c1-24(2)35-21-19(20(34-23(21)36-24)22-25-17-5-3-4-6-18(17)26-22)33-13-15-12-29(28-27-15)11-14-7-9-16(10-8-14)30(31)32/h3-10,12,19-21,23H,11,13H2,1-2H3,(H,25,26)/t19-,20-,21+,23+/m0/s1. The number of hydrogen-bond donors (Lipinski definition) is 1. The van der Waals surface area contributed by atoms with Crippen molar-refractivity contribution in [3.63, 3.8) is 0 Å². The molecule has 1 N–H and O–H groups in total. The highest BCUT2D eigenvalue weighted by atomic mass is 16.8. The van der Waals surface area contributed by atoms with E-state index in [-0.39, 0.29) is 12.3 Å². The molecule has 0 bridgehead atoms. The number of H-pyrrole nitrogens is 1. The third-order valence-corrected chi connectivity index (χ3v) is 6.17. The summed E-state index contributed by atoms with van der Waals surface area (Å²) in [5, 5.41) is 19.2. The summed E-state index contributed by atoms with van der Waals surface area (Å²) < 4.78 is 26.2. The van der Waals surface area contributed by atoms with Crippen LogP contribution < -0.4 is 0 Å². The molecule has 2 fully saturated rings. The van der Waals surface area contributed by atoms with Gasteiger partial charge in [0.1, 0.15) is 29.8 Å². The van der Waals surface area contributed by atoms with Crippen molar-refractivity contribution in [2.75, 3.05) is 0 Å². The highest BCUT2D eigenvalue weighted by Crippen LogP contribution is 2.44. The minimum atomic E-state index is -0.788. The number of nitrogens with zero attached hydrogens (tertiary/aromatic N) is 5. The third kappa shape index (κ3) is 4.35. The number of nitro groups is 1. The van der Waals surface area contributed by atoms with Crippen molar-refractivity contribution in [1.29, 1.82) is 0 Å². The lowest BCUT2D eigenvalue weighted by atomic mass is 10.1. The maximum Gasteiger partial charge on any atom is 0.269 e. The van der Waals surface area contributed by atoms with Crippen molar-refractivity contribution in [2.45, 2.75) is 57.4 Å². The average Bonchev–Trinajstić information content (AvgIpc) is 3.60. The molecule has 12 heteroatoms. The van der Waals surface area contributed by atoms with Gasteiger partial charge in [-0.05, 0) is 31.5 Å². The van der Waals surface area contributed by atoms with Crippen LogP contribution in [0.1, 0.15) is 37.0 Å². The average molecular weight is 492 g/mol. The number of nitrogens with one attached hydrogen (secondary N) is 1. The van der Waals surface area contributed by atoms with E-state index in [4.69, 9.17) is 18.9 Å². The molecule has 2 aromatic heterocycles. The molecule has 0 spiro atoms. The maximum atomic E-state index is 10.9. The van der Waals surface area contributed by atoms with Gasteiger partial charge in [-0.25, -0.2) is 9.67 Å². The van der Waals surface area contributed by atoms with E-state index in [1.54, 1.807) is 23.0 Å². The molecule has 4 atom stereocenters. The number of benzene rings is 2. The van der Waals surface area contributed by atoms with Gasteiger partial charge in [-0.3, -0.25) is 10.1 Å². The number of non-ortho nitro benzene ring substituents is 1. The fraction of sp³-hybridized carbons (Fsp3) is 0.375. The minimum Gasteiger partial charge on any atom is -0.366 e. The van der Waals surface area contributed by atoms with Gasteiger partial charge in [-0.1, -0.05) is 29.5 Å². The molecule has 2 aliphatic rings. The van der Waals surface area contributed by atoms with E-state index < -0.39 is 35.3 Å². The quantitative estimate of drug-likeness (QED) is 0.304. The first kappa shape index (κ1) is 22.7. The molecule has 12 nitrogen and oxygen atoms in total. The molecule has 0 amide bonds. The largest absolute Gasteiger partial charge is 0.366 e. The first-order chi connectivity index (χ1) is 17.3. The molecule has 6 rings (SSSR count). The van der Waals surface area contributed by atoms with Gasteiger partial charge in [-0.2, -0.15) is 0 Å². The Morgan fingerprint density at radius 2 is 1.97 bits per heavy atom. The topological polar surface area (TPSA) is 139 Å². The number of hydrogen-bond acceptors (Lipinski definition) is 9. The number of nitro benzene ring substituents is 1. The van der Waals surface area contributed by atoms with Crippen LogP contribution in [0.4, 0.5) is 5.69 Å². The van der Waals surface area contributed by atoms with Gasteiger partial charge < -0.3 is 23.9 Å². The fourth-order valence-corrected chi connectivity index (χ4v) is 4.56. The SMILES string of the molecule is CC1(C)O[C@H]2O[C@H](c3nc4ccccc4[nH]3)[C@H](OCc3cn(Cc4ccc([N+](=O)[O-])cc4)nn3)[C@H]2O1. The Morgan fingerprint density at radius 3 is 2.75 bits per heavy atom. The van der Waals surface area contributed by atoms with Crippen molar-refractivity contribution >= 4 is 16.7 Å². The van der Waals surface area contributed by atoms with Crippen LogP contribution in [0.2, 0.25) is 0 Å². The summed E-state index contributed by atoms with van der Waals surface area (Å²) in [4.78, 5) is 18.4. The monoisotopic (exact) mass is 492 g/mol. The number of ether oxygens (including phenoxy) is 4. The van der Waals surface area contributed by atoms with Crippen LogP contribution in [0.25, 0.3) is 11.0 Å². The smallest absolute Gasteiger partial charge is 0.269 e. The normalized spacial score (nSPS) is 24.8. The van der Waals surface area contributed by atoms with Gasteiger partial charge in [0.15, 0.2) is 12.1 Å². The molecular weight excluding hydrogens is 468 g/mol. The third-order valence-electron chi connectivity index (χ3n) is 6.17. The van der Waals surface area contributed by atoms with E-state index >= 15 is 0 Å². The molecule has 0 saturated carbocycles. The summed E-state index contributed by atoms with van der Waals surface area (Å²) in [5.74, 6) is -0.147. The van der Waals surface area contributed by atoms with Gasteiger partial charge in [0.05, 0.1) is 35.3 Å². The van der Waals surface area contributed by atoms with Crippen LogP contribution in [0.3, 0.4) is 0 Å². The predicted molar refractivity (Wildman–Crippen MR) is 125 cm³/mol. The van der Waals surface area contributed by atoms with Gasteiger partial charge in [0, 0.05) is 12.1 Å². The summed E-state index contributed by atoms with van der Waals surface area (Å²) in [6.45, 7) is 4.28. The second-order valence-corrected chi connectivity index (χ2v) is 9.27. The van der Waals surface area contributed by atoms with E-state index in [2.05, 4.69) is 20.3 Å². The van der Waals surface area contributed by atoms with Crippen LogP contribution >= 0.6 is 0 Å². The summed E-state index contributed by atoms with van der Waals surface area (Å²) in [5.41, 5.74) is 3.28. The van der Waals surface area contributed by atoms with Crippen molar-refractivity contribution in [3.8, 4) is 0 Å². The van der Waals surface area contributed by atoms with Crippen LogP contribution in [-0.2, 0) is 32.1 Å². The number of para-hydroxylation sites is 2. The summed E-state index contributed by atoms with van der Waals surface area (Å²) in [7, 11) is 0. The Bertz CT molecular complexity index is 1370. The number of aromatic amines is 1. The Kier molecular flexibility index (Phi) is 5.52. The molecule has 2 aromatic carbocycles. The molecule has 0 unspecified atom stereocenters. The second-order valence-electron chi connectivity index (χ2n) is 9.27. The Balaban J connectivity index is 1.17. The van der Waals surface area contributed by atoms with E-state index in [0.29, 0.717) is 18.1 Å². The fourth-order valence-electron chi connectivity index (χ4n) is 4.56. The molecule has 2 saturated heterocycles. The van der Waals surface area contributed by atoms with Crippen molar-refractivity contribution in [1.82, 2.24) is 25.0 Å². The van der Waals surface area contributed by atoms with Crippen LogP contribution in [0.15, 0.2) is 54.7 Å². The Hall–Kier alpha value is -3.71. The number of fused-ring (bicyclic) bond motifs is 2. The summed E-state index contributed by atoms with van der Waals surface area (Å²) >= 11 is 0. The van der Waals surface area contributed by atoms with E-state index in [1.807, 2.05) is 38.1 Å². The van der Waals surface area contributed by atoms with E-state index in [0.717, 1.165) is 16.6 Å². The first-order valence-electron chi connectivity index (χ1n) is 11.5.